The number of sulfone groups is 1. The smallest absolute Gasteiger partial charge is 0.317 e. The highest BCUT2D eigenvalue weighted by Gasteiger charge is 2.17. The number of pyridine rings is 1. The lowest BCUT2D eigenvalue weighted by molar-refractivity contribution is 0.194. The van der Waals surface area contributed by atoms with E-state index in [9.17, 15) is 13.2 Å². The van der Waals surface area contributed by atoms with E-state index in [4.69, 9.17) is 0 Å². The summed E-state index contributed by atoms with van der Waals surface area (Å²) in [5.41, 5.74) is 2.06. The molecule has 0 radical (unpaired) electrons. The number of nitrogens with zero attached hydrogens (tertiary/aromatic N) is 2. The molecule has 6 nitrogen and oxygen atoms in total. The van der Waals surface area contributed by atoms with Crippen molar-refractivity contribution in [3.8, 4) is 0 Å². The molecule has 0 fully saturated rings. The van der Waals surface area contributed by atoms with E-state index in [0.717, 1.165) is 11.3 Å². The van der Waals surface area contributed by atoms with Crippen LogP contribution in [0.2, 0.25) is 0 Å². The van der Waals surface area contributed by atoms with Crippen molar-refractivity contribution >= 4 is 15.9 Å². The monoisotopic (exact) mass is 327 g/mol. The fourth-order valence-corrected chi connectivity index (χ4v) is 2.63. The summed E-state index contributed by atoms with van der Waals surface area (Å²) < 4.78 is 22.8. The Kier molecular flexibility index (Phi) is 6.80. The summed E-state index contributed by atoms with van der Waals surface area (Å²) in [7, 11) is -1.36. The van der Waals surface area contributed by atoms with Crippen molar-refractivity contribution in [3.63, 3.8) is 0 Å². The molecule has 124 valence electrons. The van der Waals surface area contributed by atoms with Crippen LogP contribution in [0.3, 0.4) is 0 Å². The van der Waals surface area contributed by atoms with E-state index in [-0.39, 0.29) is 30.1 Å². The number of amides is 2. The Morgan fingerprint density at radius 2 is 2.14 bits per heavy atom. The van der Waals surface area contributed by atoms with Crippen LogP contribution in [0.25, 0.3) is 0 Å². The lowest BCUT2D eigenvalue weighted by Gasteiger charge is -2.25. The van der Waals surface area contributed by atoms with Crippen LogP contribution in [0.15, 0.2) is 18.3 Å². The number of carbonyl (C=O) groups is 1. The average molecular weight is 327 g/mol. The first kappa shape index (κ1) is 18.4. The second-order valence-corrected chi connectivity index (χ2v) is 7.93. The van der Waals surface area contributed by atoms with Crippen molar-refractivity contribution < 1.29 is 13.2 Å². The molecule has 1 N–H and O–H groups in total. The molecule has 0 bridgehead atoms. The van der Waals surface area contributed by atoms with Gasteiger partial charge < -0.3 is 10.2 Å². The van der Waals surface area contributed by atoms with Gasteiger partial charge in [-0.3, -0.25) is 4.98 Å². The van der Waals surface area contributed by atoms with Gasteiger partial charge in [-0.15, -0.1) is 0 Å². The Morgan fingerprint density at radius 1 is 1.45 bits per heavy atom. The fourth-order valence-electron chi connectivity index (χ4n) is 1.93. The maximum atomic E-state index is 12.0. The van der Waals surface area contributed by atoms with Crippen molar-refractivity contribution in [1.29, 1.82) is 0 Å². The first-order valence-electron chi connectivity index (χ1n) is 7.37. The highest BCUT2D eigenvalue weighted by atomic mass is 32.2. The third kappa shape index (κ3) is 6.01. The molecular formula is C15H25N3O3S. The number of aromatic nitrogens is 1. The standard InChI is InChI=1S/C15H25N3O3S/c1-5-22(20,21)9-8-17-15(19)18(4)13(3)11-14-10-12(2)6-7-16-14/h6-7,10,13H,5,8-9,11H2,1-4H3,(H,17,19)/t13-/m1/s1. The number of nitrogens with one attached hydrogen (secondary N) is 1. The van der Waals surface area contributed by atoms with E-state index in [2.05, 4.69) is 10.3 Å². The first-order valence-corrected chi connectivity index (χ1v) is 9.20. The molecule has 1 atom stereocenters. The summed E-state index contributed by atoms with van der Waals surface area (Å²) in [6.45, 7) is 5.67. The van der Waals surface area contributed by atoms with E-state index >= 15 is 0 Å². The number of rotatable bonds is 7. The number of aryl methyl sites for hydroxylation is 1. The van der Waals surface area contributed by atoms with Gasteiger partial charge in [0, 0.05) is 43.7 Å². The third-order valence-corrected chi connectivity index (χ3v) is 5.29. The van der Waals surface area contributed by atoms with Gasteiger partial charge in [0.25, 0.3) is 0 Å². The third-order valence-electron chi connectivity index (χ3n) is 3.59. The molecular weight excluding hydrogens is 302 g/mol. The highest BCUT2D eigenvalue weighted by molar-refractivity contribution is 7.91. The van der Waals surface area contributed by atoms with Crippen LogP contribution in [0, 0.1) is 6.92 Å². The van der Waals surface area contributed by atoms with Crippen LogP contribution in [-0.2, 0) is 16.3 Å². The molecule has 0 aromatic carbocycles. The molecule has 0 aliphatic carbocycles. The molecule has 0 aliphatic heterocycles. The average Bonchev–Trinajstić information content (AvgIpc) is 2.46. The molecule has 1 rings (SSSR count). The van der Waals surface area contributed by atoms with Crippen LogP contribution in [0.5, 0.6) is 0 Å². The summed E-state index contributed by atoms with van der Waals surface area (Å²) >= 11 is 0. The van der Waals surface area contributed by atoms with Crippen LogP contribution >= 0.6 is 0 Å². The zero-order valence-electron chi connectivity index (χ0n) is 13.7. The van der Waals surface area contributed by atoms with E-state index in [0.29, 0.717) is 6.42 Å². The van der Waals surface area contributed by atoms with Crippen molar-refractivity contribution in [2.75, 3.05) is 25.1 Å². The summed E-state index contributed by atoms with van der Waals surface area (Å²) in [5.74, 6) is 0.0606. The molecule has 0 saturated carbocycles. The summed E-state index contributed by atoms with van der Waals surface area (Å²) in [4.78, 5) is 17.9. The maximum absolute atomic E-state index is 12.0. The quantitative estimate of drug-likeness (QED) is 0.821. The molecule has 2 amide bonds. The summed E-state index contributed by atoms with van der Waals surface area (Å²) in [6, 6.07) is 3.62. The van der Waals surface area contributed by atoms with Crippen LogP contribution in [0.1, 0.15) is 25.1 Å². The lowest BCUT2D eigenvalue weighted by atomic mass is 10.1. The zero-order chi connectivity index (χ0) is 16.8. The normalized spacial score (nSPS) is 12.7. The first-order chi connectivity index (χ1) is 10.2. The number of hydrogen-bond donors (Lipinski definition) is 1. The van der Waals surface area contributed by atoms with Gasteiger partial charge in [0.05, 0.1) is 5.75 Å². The second kappa shape index (κ2) is 8.12. The van der Waals surface area contributed by atoms with Gasteiger partial charge >= 0.3 is 6.03 Å². The molecule has 7 heteroatoms. The molecule has 0 saturated heterocycles. The van der Waals surface area contributed by atoms with E-state index < -0.39 is 9.84 Å². The number of likely N-dealkylation sites (N-methyl/N-ethyl adjacent to an activating group) is 1. The van der Waals surface area contributed by atoms with E-state index in [1.807, 2.05) is 26.0 Å². The van der Waals surface area contributed by atoms with Crippen molar-refractivity contribution in [2.24, 2.45) is 0 Å². The van der Waals surface area contributed by atoms with Gasteiger partial charge in [0.1, 0.15) is 0 Å². The molecule has 1 aromatic rings. The SMILES string of the molecule is CCS(=O)(=O)CCNC(=O)N(C)[C@H](C)Cc1cc(C)ccn1. The summed E-state index contributed by atoms with van der Waals surface area (Å²) in [5, 5.41) is 2.64. The Morgan fingerprint density at radius 3 is 2.73 bits per heavy atom. The lowest BCUT2D eigenvalue weighted by Crippen LogP contribution is -2.44. The molecule has 0 aliphatic rings. The summed E-state index contributed by atoms with van der Waals surface area (Å²) in [6.07, 6.45) is 2.41. The van der Waals surface area contributed by atoms with Gasteiger partial charge in [-0.25, -0.2) is 13.2 Å². The van der Waals surface area contributed by atoms with E-state index in [1.54, 1.807) is 25.1 Å². The van der Waals surface area contributed by atoms with Crippen molar-refractivity contribution in [1.82, 2.24) is 15.2 Å². The van der Waals surface area contributed by atoms with E-state index in [1.165, 1.54) is 0 Å². The Bertz CT molecular complexity index is 602. The number of hydrogen-bond acceptors (Lipinski definition) is 4. The minimum atomic E-state index is -3.06. The van der Waals surface area contributed by atoms with Gasteiger partial charge in [-0.2, -0.15) is 0 Å². The second-order valence-electron chi connectivity index (χ2n) is 5.46. The van der Waals surface area contributed by atoms with Gasteiger partial charge in [-0.1, -0.05) is 6.92 Å². The fraction of sp³-hybridized carbons (Fsp3) is 0.600. The maximum Gasteiger partial charge on any atom is 0.317 e. The minimum Gasteiger partial charge on any atom is -0.337 e. The van der Waals surface area contributed by atoms with Gasteiger partial charge in [0.2, 0.25) is 0 Å². The van der Waals surface area contributed by atoms with Crippen LogP contribution < -0.4 is 5.32 Å². The van der Waals surface area contributed by atoms with Crippen molar-refractivity contribution in [2.45, 2.75) is 33.2 Å². The Balaban J connectivity index is 2.48. The highest BCUT2D eigenvalue weighted by Crippen LogP contribution is 2.07. The minimum absolute atomic E-state index is 0.0305. The predicted octanol–water partition coefficient (Wildman–Crippen LogP) is 1.40. The number of urea groups is 1. The Labute approximate surface area is 132 Å². The van der Waals surface area contributed by atoms with Gasteiger partial charge in [0.15, 0.2) is 9.84 Å². The molecule has 1 heterocycles. The molecule has 0 spiro atoms. The number of carbonyl (C=O) groups excluding carboxylic acids is 1. The topological polar surface area (TPSA) is 79.4 Å². The van der Waals surface area contributed by atoms with Crippen molar-refractivity contribution in [3.05, 3.63) is 29.6 Å². The molecule has 0 unspecified atom stereocenters. The zero-order valence-corrected chi connectivity index (χ0v) is 14.5. The van der Waals surface area contributed by atoms with Crippen LogP contribution in [-0.4, -0.2) is 55.5 Å². The largest absolute Gasteiger partial charge is 0.337 e. The van der Waals surface area contributed by atoms with Gasteiger partial charge in [-0.05, 0) is 31.5 Å². The van der Waals surface area contributed by atoms with Crippen LogP contribution in [0.4, 0.5) is 4.79 Å². The molecule has 22 heavy (non-hydrogen) atoms. The molecule has 1 aromatic heterocycles. The predicted molar refractivity (Wildman–Crippen MR) is 87.6 cm³/mol. The Hall–Kier alpha value is -1.63.